The summed E-state index contributed by atoms with van der Waals surface area (Å²) in [5.74, 6) is 1.41. The van der Waals surface area contributed by atoms with Crippen LogP contribution in [0.2, 0.25) is 0 Å². The van der Waals surface area contributed by atoms with Crippen LogP contribution < -0.4 is 15.8 Å². The molecule has 120 valence electrons. The Morgan fingerprint density at radius 2 is 2.05 bits per heavy atom. The van der Waals surface area contributed by atoms with E-state index in [2.05, 4.69) is 53.1 Å². The number of halogens is 2. The van der Waals surface area contributed by atoms with Crippen LogP contribution in [0.15, 0.2) is 27.7 Å². The van der Waals surface area contributed by atoms with E-state index in [9.17, 15) is 0 Å². The van der Waals surface area contributed by atoms with Gasteiger partial charge in [0.05, 0.1) is 7.11 Å². The van der Waals surface area contributed by atoms with Gasteiger partial charge in [-0.1, -0.05) is 22.0 Å². The number of nitrogens with zero attached hydrogens (tertiary/aromatic N) is 1. The Bertz CT molecular complexity index is 472. The highest BCUT2D eigenvalue weighted by Gasteiger charge is 2.09. The third-order valence-electron chi connectivity index (χ3n) is 2.64. The Kier molecular flexibility index (Phi) is 9.28. The molecule has 0 aromatic heterocycles. The molecule has 0 unspecified atom stereocenters. The molecular weight excluding hydrogens is 445 g/mol. The summed E-state index contributed by atoms with van der Waals surface area (Å²) in [5, 5.41) is 3.14. The van der Waals surface area contributed by atoms with Gasteiger partial charge in [-0.2, -0.15) is 0 Å². The van der Waals surface area contributed by atoms with Crippen molar-refractivity contribution in [2.75, 3.05) is 13.7 Å². The zero-order valence-corrected chi connectivity index (χ0v) is 17.0. The number of hydrogen-bond acceptors (Lipinski definition) is 2. The monoisotopic (exact) mass is 469 g/mol. The van der Waals surface area contributed by atoms with E-state index in [-0.39, 0.29) is 29.5 Å². The summed E-state index contributed by atoms with van der Waals surface area (Å²) < 4.78 is 6.39. The molecule has 21 heavy (non-hydrogen) atoms. The lowest BCUT2D eigenvalue weighted by molar-refractivity contribution is 0.409. The van der Waals surface area contributed by atoms with Crippen molar-refractivity contribution in [3.05, 3.63) is 28.2 Å². The minimum Gasteiger partial charge on any atom is -0.496 e. The molecule has 0 saturated carbocycles. The highest BCUT2D eigenvalue weighted by molar-refractivity contribution is 14.0. The Balaban J connectivity index is 0.00000400. The highest BCUT2D eigenvalue weighted by Crippen LogP contribution is 2.24. The van der Waals surface area contributed by atoms with Crippen LogP contribution in [-0.2, 0) is 6.42 Å². The van der Waals surface area contributed by atoms with Gasteiger partial charge in [-0.3, -0.25) is 4.99 Å². The second-order valence-electron chi connectivity index (χ2n) is 5.70. The standard InChI is InChI=1S/C15H24BrN3O.HI/c1-15(2,3)19-14(17)18-9-5-6-11-7-8-12(16)10-13(11)20-4;/h7-8,10H,5-6,9H2,1-4H3,(H3,17,18,19);1H. The van der Waals surface area contributed by atoms with E-state index in [1.54, 1.807) is 7.11 Å². The average Bonchev–Trinajstić information content (AvgIpc) is 2.33. The smallest absolute Gasteiger partial charge is 0.188 e. The normalized spacial score (nSPS) is 11.8. The molecule has 0 amide bonds. The third-order valence-corrected chi connectivity index (χ3v) is 3.13. The van der Waals surface area contributed by atoms with Crippen LogP contribution in [0, 0.1) is 0 Å². The summed E-state index contributed by atoms with van der Waals surface area (Å²) in [6.45, 7) is 6.88. The maximum Gasteiger partial charge on any atom is 0.188 e. The molecule has 0 atom stereocenters. The predicted molar refractivity (Wildman–Crippen MR) is 104 cm³/mol. The maximum atomic E-state index is 5.82. The van der Waals surface area contributed by atoms with Crippen molar-refractivity contribution >= 4 is 45.9 Å². The molecule has 0 saturated heterocycles. The van der Waals surface area contributed by atoms with Crippen molar-refractivity contribution in [1.82, 2.24) is 5.32 Å². The molecule has 1 aromatic carbocycles. The molecule has 0 heterocycles. The average molecular weight is 470 g/mol. The topological polar surface area (TPSA) is 59.6 Å². The van der Waals surface area contributed by atoms with Crippen molar-refractivity contribution in [3.63, 3.8) is 0 Å². The van der Waals surface area contributed by atoms with Crippen LogP contribution in [0.25, 0.3) is 0 Å². The van der Waals surface area contributed by atoms with E-state index in [0.717, 1.165) is 23.1 Å². The van der Waals surface area contributed by atoms with E-state index in [4.69, 9.17) is 10.5 Å². The van der Waals surface area contributed by atoms with Crippen LogP contribution in [0.1, 0.15) is 32.8 Å². The number of aryl methyl sites for hydroxylation is 1. The molecule has 1 aromatic rings. The molecule has 0 spiro atoms. The second kappa shape index (κ2) is 9.50. The third kappa shape index (κ3) is 8.50. The molecule has 1 rings (SSSR count). The first-order valence-corrected chi connectivity index (χ1v) is 7.51. The Morgan fingerprint density at radius 1 is 1.38 bits per heavy atom. The number of hydrogen-bond donors (Lipinski definition) is 2. The van der Waals surface area contributed by atoms with E-state index < -0.39 is 0 Å². The molecule has 0 fully saturated rings. The predicted octanol–water partition coefficient (Wildman–Crippen LogP) is 3.71. The van der Waals surface area contributed by atoms with E-state index in [1.807, 2.05) is 12.1 Å². The van der Waals surface area contributed by atoms with Crippen LogP contribution >= 0.6 is 39.9 Å². The van der Waals surface area contributed by atoms with E-state index in [0.29, 0.717) is 12.5 Å². The van der Waals surface area contributed by atoms with Gasteiger partial charge in [0.15, 0.2) is 5.96 Å². The molecule has 3 N–H and O–H groups in total. The zero-order valence-electron chi connectivity index (χ0n) is 13.1. The summed E-state index contributed by atoms with van der Waals surface area (Å²) in [6.07, 6.45) is 1.85. The molecular formula is C15H25BrIN3O. The first-order chi connectivity index (χ1) is 9.31. The summed E-state index contributed by atoms with van der Waals surface area (Å²) in [7, 11) is 1.69. The highest BCUT2D eigenvalue weighted by atomic mass is 127. The summed E-state index contributed by atoms with van der Waals surface area (Å²) in [4.78, 5) is 4.33. The Hall–Kier alpha value is -0.500. The van der Waals surface area contributed by atoms with Crippen LogP contribution in [0.5, 0.6) is 5.75 Å². The Labute approximate surface area is 153 Å². The van der Waals surface area contributed by atoms with Gasteiger partial charge < -0.3 is 15.8 Å². The number of benzene rings is 1. The van der Waals surface area contributed by atoms with Crippen molar-refractivity contribution < 1.29 is 4.74 Å². The Morgan fingerprint density at radius 3 is 2.62 bits per heavy atom. The number of rotatable bonds is 5. The largest absolute Gasteiger partial charge is 0.496 e. The van der Waals surface area contributed by atoms with Crippen molar-refractivity contribution in [2.24, 2.45) is 10.7 Å². The van der Waals surface area contributed by atoms with Crippen LogP contribution in [0.3, 0.4) is 0 Å². The molecule has 0 radical (unpaired) electrons. The zero-order chi connectivity index (χ0) is 15.2. The number of nitrogens with one attached hydrogen (secondary N) is 1. The van der Waals surface area contributed by atoms with Gasteiger partial charge in [0.25, 0.3) is 0 Å². The lowest BCUT2D eigenvalue weighted by Crippen LogP contribution is -2.45. The second-order valence-corrected chi connectivity index (χ2v) is 6.62. The van der Waals surface area contributed by atoms with Gasteiger partial charge in [-0.05, 0) is 51.3 Å². The van der Waals surface area contributed by atoms with Crippen molar-refractivity contribution in [2.45, 2.75) is 39.2 Å². The molecule has 6 heteroatoms. The summed E-state index contributed by atoms with van der Waals surface area (Å²) >= 11 is 3.44. The summed E-state index contributed by atoms with van der Waals surface area (Å²) in [6, 6.07) is 6.08. The number of ether oxygens (including phenoxy) is 1. The first kappa shape index (κ1) is 20.5. The van der Waals surface area contributed by atoms with Crippen molar-refractivity contribution in [3.8, 4) is 5.75 Å². The SMILES string of the molecule is COc1cc(Br)ccc1CCCN=C(N)NC(C)(C)C.I. The fourth-order valence-corrected chi connectivity index (χ4v) is 2.16. The van der Waals surface area contributed by atoms with Gasteiger partial charge in [-0.15, -0.1) is 24.0 Å². The quantitative estimate of drug-likeness (QED) is 0.299. The minimum absolute atomic E-state index is 0. The van der Waals surface area contributed by atoms with Gasteiger partial charge in [0.2, 0.25) is 0 Å². The van der Waals surface area contributed by atoms with Crippen LogP contribution in [-0.4, -0.2) is 25.2 Å². The van der Waals surface area contributed by atoms with Crippen LogP contribution in [0.4, 0.5) is 0 Å². The maximum absolute atomic E-state index is 5.82. The number of guanidine groups is 1. The molecule has 0 aliphatic heterocycles. The van der Waals surface area contributed by atoms with Gasteiger partial charge >= 0.3 is 0 Å². The lowest BCUT2D eigenvalue weighted by atomic mass is 10.1. The minimum atomic E-state index is -0.0531. The fraction of sp³-hybridized carbons (Fsp3) is 0.533. The molecule has 4 nitrogen and oxygen atoms in total. The van der Waals surface area contributed by atoms with Crippen molar-refractivity contribution in [1.29, 1.82) is 0 Å². The van der Waals surface area contributed by atoms with Gasteiger partial charge in [0.1, 0.15) is 5.75 Å². The van der Waals surface area contributed by atoms with E-state index in [1.165, 1.54) is 5.56 Å². The summed E-state index contributed by atoms with van der Waals surface area (Å²) in [5.41, 5.74) is 6.96. The number of aliphatic imine (C=N–C) groups is 1. The van der Waals surface area contributed by atoms with Gasteiger partial charge in [0, 0.05) is 16.6 Å². The molecule has 0 aliphatic carbocycles. The van der Waals surface area contributed by atoms with E-state index >= 15 is 0 Å². The number of nitrogens with two attached hydrogens (primary N) is 1. The molecule has 0 aliphatic rings. The van der Waals surface area contributed by atoms with Gasteiger partial charge in [-0.25, -0.2) is 0 Å². The first-order valence-electron chi connectivity index (χ1n) is 6.72. The number of methoxy groups -OCH3 is 1. The lowest BCUT2D eigenvalue weighted by Gasteiger charge is -2.20. The fourth-order valence-electron chi connectivity index (χ4n) is 1.82. The molecule has 0 bridgehead atoms.